The van der Waals surface area contributed by atoms with Crippen LogP contribution >= 0.6 is 0 Å². The Bertz CT molecular complexity index is 1350. The highest BCUT2D eigenvalue weighted by Crippen LogP contribution is 2.37. The summed E-state index contributed by atoms with van der Waals surface area (Å²) in [5.74, 6) is -1.05. The molecule has 6 nitrogen and oxygen atoms in total. The Kier molecular flexibility index (Phi) is 5.30. The first-order valence-electron chi connectivity index (χ1n) is 11.0. The molecule has 3 aliphatic rings. The molecule has 33 heavy (non-hydrogen) atoms. The van der Waals surface area contributed by atoms with Gasteiger partial charge >= 0.3 is 5.97 Å². The van der Waals surface area contributed by atoms with E-state index in [1.807, 2.05) is 44.6 Å². The molecule has 1 aliphatic heterocycles. The number of para-hydroxylation sites is 1. The lowest BCUT2D eigenvalue weighted by molar-refractivity contribution is 0.0698. The van der Waals surface area contributed by atoms with Crippen LogP contribution in [0.2, 0.25) is 0 Å². The molecule has 1 N–H and O–H groups in total. The number of nitrogens with zero attached hydrogens (tertiary/aromatic N) is 3. The van der Waals surface area contributed by atoms with Gasteiger partial charge in [0.25, 0.3) is 5.56 Å². The van der Waals surface area contributed by atoms with E-state index in [9.17, 15) is 14.7 Å². The molecule has 2 aliphatic carbocycles. The Hall–Kier alpha value is -3.77. The first-order valence-corrected chi connectivity index (χ1v) is 11.0. The van der Waals surface area contributed by atoms with Crippen molar-refractivity contribution in [3.05, 3.63) is 106 Å². The number of aromatic carboxylic acids is 1. The van der Waals surface area contributed by atoms with Crippen molar-refractivity contribution in [2.75, 3.05) is 14.1 Å². The summed E-state index contributed by atoms with van der Waals surface area (Å²) in [4.78, 5) is 31.3. The molecule has 1 aromatic heterocycles. The summed E-state index contributed by atoms with van der Waals surface area (Å²) in [5, 5.41) is 10.2. The molecule has 1 atom stereocenters. The number of carbonyl (C=O) groups is 1. The Labute approximate surface area is 191 Å². The maximum Gasteiger partial charge on any atom is 0.336 e. The van der Waals surface area contributed by atoms with Gasteiger partial charge in [-0.1, -0.05) is 54.7 Å². The largest absolute Gasteiger partial charge is 0.478 e. The summed E-state index contributed by atoms with van der Waals surface area (Å²) in [7, 11) is 4.09. The van der Waals surface area contributed by atoms with Gasteiger partial charge in [0.2, 0.25) is 0 Å². The molecule has 1 unspecified atom stereocenters. The van der Waals surface area contributed by atoms with Crippen molar-refractivity contribution in [3.63, 3.8) is 0 Å². The minimum absolute atomic E-state index is 0.0240. The number of allylic oxidation sites excluding steroid dienone is 7. The van der Waals surface area contributed by atoms with Gasteiger partial charge in [-0.25, -0.2) is 4.79 Å². The van der Waals surface area contributed by atoms with E-state index in [2.05, 4.69) is 46.3 Å². The van der Waals surface area contributed by atoms with E-state index in [1.54, 1.807) is 10.6 Å². The molecule has 2 aromatic rings. The number of hydrogen-bond donors (Lipinski definition) is 1. The fourth-order valence-corrected chi connectivity index (χ4v) is 4.77. The van der Waals surface area contributed by atoms with Gasteiger partial charge in [0, 0.05) is 29.6 Å². The molecule has 6 heteroatoms. The Balaban J connectivity index is 1.39. The molecule has 0 saturated carbocycles. The van der Waals surface area contributed by atoms with Crippen molar-refractivity contribution in [1.29, 1.82) is 0 Å². The monoisotopic (exact) mass is 439 g/mol. The van der Waals surface area contributed by atoms with E-state index < -0.39 is 5.97 Å². The minimum Gasteiger partial charge on any atom is -0.478 e. The van der Waals surface area contributed by atoms with Gasteiger partial charge in [0.15, 0.2) is 0 Å². The van der Waals surface area contributed by atoms with Crippen LogP contribution in [0.5, 0.6) is 0 Å². The van der Waals surface area contributed by atoms with Gasteiger partial charge in [-0.2, -0.15) is 0 Å². The number of carboxylic acids is 1. The van der Waals surface area contributed by atoms with Crippen LogP contribution < -0.4 is 5.56 Å². The number of pyridine rings is 1. The highest BCUT2D eigenvalue weighted by molar-refractivity contribution is 6.05. The normalized spacial score (nSPS) is 23.1. The van der Waals surface area contributed by atoms with Crippen molar-refractivity contribution in [3.8, 4) is 0 Å². The van der Waals surface area contributed by atoms with Crippen molar-refractivity contribution in [2.45, 2.75) is 18.5 Å². The zero-order chi connectivity index (χ0) is 23.1. The Morgan fingerprint density at radius 1 is 1.12 bits per heavy atom. The third-order valence-corrected chi connectivity index (χ3v) is 6.50. The van der Waals surface area contributed by atoms with Gasteiger partial charge in [-0.05, 0) is 43.8 Å². The van der Waals surface area contributed by atoms with Crippen LogP contribution in [0.1, 0.15) is 22.0 Å². The van der Waals surface area contributed by atoms with E-state index in [0.717, 1.165) is 22.4 Å². The van der Waals surface area contributed by atoms with E-state index in [-0.39, 0.29) is 23.1 Å². The summed E-state index contributed by atoms with van der Waals surface area (Å²) in [6, 6.07) is 7.08. The molecule has 1 aromatic carbocycles. The molecular weight excluding hydrogens is 414 g/mol. The van der Waals surface area contributed by atoms with E-state index in [0.29, 0.717) is 17.8 Å². The number of rotatable bonds is 4. The molecule has 166 valence electrons. The van der Waals surface area contributed by atoms with Gasteiger partial charge in [0.1, 0.15) is 0 Å². The quantitative estimate of drug-likeness (QED) is 0.784. The first-order chi connectivity index (χ1) is 15.9. The number of likely N-dealkylation sites (N-methyl/N-ethyl adjacent to an activating group) is 1. The van der Waals surface area contributed by atoms with Crippen LogP contribution in [0.3, 0.4) is 0 Å². The molecular formula is C27H25N3O3. The predicted octanol–water partition coefficient (Wildman–Crippen LogP) is 3.92. The summed E-state index contributed by atoms with van der Waals surface area (Å²) in [6.07, 6.45) is 19.1. The minimum atomic E-state index is -1.08. The molecule has 0 fully saturated rings. The summed E-state index contributed by atoms with van der Waals surface area (Å²) >= 11 is 0. The van der Waals surface area contributed by atoms with E-state index >= 15 is 0 Å². The molecule has 0 bridgehead atoms. The lowest BCUT2D eigenvalue weighted by Gasteiger charge is -2.22. The second-order valence-corrected chi connectivity index (χ2v) is 8.81. The molecule has 5 rings (SSSR count). The van der Waals surface area contributed by atoms with Gasteiger partial charge in [0.05, 0.1) is 22.8 Å². The van der Waals surface area contributed by atoms with Crippen LogP contribution in [-0.4, -0.2) is 46.4 Å². The van der Waals surface area contributed by atoms with Crippen LogP contribution in [-0.2, 0) is 6.42 Å². The average molecular weight is 440 g/mol. The number of aliphatic imine (C=N–C) groups is 1. The number of carboxylic acid groups (broad SMARTS) is 1. The molecule has 0 spiro atoms. The predicted molar refractivity (Wildman–Crippen MR) is 131 cm³/mol. The van der Waals surface area contributed by atoms with Crippen LogP contribution in [0.15, 0.2) is 94.4 Å². The average Bonchev–Trinajstić information content (AvgIpc) is 3.21. The topological polar surface area (TPSA) is 74.9 Å². The number of aromatic nitrogens is 1. The standard InChI is InChI=1S/C27H25N3O3/c1-29(2)21-12-6-17(7-13-21)16-28-20-10-8-18(9-11-20)24-14-19-4-3-5-22-23(27(32)33)15-25(31)30(24)26(19)22/h3-13,15-16,18,21,24H,14H2,1-2H3,(H,32,33). The Morgan fingerprint density at radius 2 is 1.85 bits per heavy atom. The maximum atomic E-state index is 12.9. The highest BCUT2D eigenvalue weighted by atomic mass is 16.4. The van der Waals surface area contributed by atoms with E-state index in [4.69, 9.17) is 0 Å². The lowest BCUT2D eigenvalue weighted by atomic mass is 9.92. The van der Waals surface area contributed by atoms with Crippen molar-refractivity contribution >= 4 is 22.6 Å². The van der Waals surface area contributed by atoms with Gasteiger partial charge in [-0.15, -0.1) is 0 Å². The van der Waals surface area contributed by atoms with Gasteiger partial charge < -0.3 is 9.67 Å². The van der Waals surface area contributed by atoms with E-state index in [1.165, 1.54) is 6.07 Å². The van der Waals surface area contributed by atoms with Gasteiger partial charge in [-0.3, -0.25) is 14.7 Å². The second-order valence-electron chi connectivity index (χ2n) is 8.81. The first kappa shape index (κ1) is 21.1. The van der Waals surface area contributed by atoms with Crippen molar-refractivity contribution < 1.29 is 9.90 Å². The Morgan fingerprint density at radius 3 is 2.52 bits per heavy atom. The highest BCUT2D eigenvalue weighted by Gasteiger charge is 2.31. The second kappa shape index (κ2) is 8.30. The summed E-state index contributed by atoms with van der Waals surface area (Å²) in [5.41, 5.74) is 3.44. The molecule has 2 heterocycles. The van der Waals surface area contributed by atoms with Crippen LogP contribution in [0.25, 0.3) is 10.9 Å². The summed E-state index contributed by atoms with van der Waals surface area (Å²) < 4.78 is 1.76. The summed E-state index contributed by atoms with van der Waals surface area (Å²) in [6.45, 7) is 0. The lowest BCUT2D eigenvalue weighted by Crippen LogP contribution is -2.27. The van der Waals surface area contributed by atoms with Crippen LogP contribution in [0, 0.1) is 5.92 Å². The number of benzene rings is 1. The molecule has 0 radical (unpaired) electrons. The zero-order valence-corrected chi connectivity index (χ0v) is 18.6. The van der Waals surface area contributed by atoms with Crippen LogP contribution in [0.4, 0.5) is 0 Å². The zero-order valence-electron chi connectivity index (χ0n) is 18.6. The SMILES string of the molecule is CN(C)C1C=CC(=CN=C2C=CC(C3Cc4cccc5c(C(=O)O)cc(=O)n3c45)C=C2)C=C1. The smallest absolute Gasteiger partial charge is 0.336 e. The third-order valence-electron chi connectivity index (χ3n) is 6.50. The maximum absolute atomic E-state index is 12.9. The fourth-order valence-electron chi connectivity index (χ4n) is 4.77. The van der Waals surface area contributed by atoms with Crippen molar-refractivity contribution in [2.24, 2.45) is 10.9 Å². The fraction of sp³-hybridized carbons (Fsp3) is 0.222. The third kappa shape index (κ3) is 3.83. The molecule has 0 saturated heterocycles. The number of hydrogen-bond acceptors (Lipinski definition) is 4. The molecule has 0 amide bonds. The van der Waals surface area contributed by atoms with Crippen molar-refractivity contribution in [1.82, 2.24) is 9.47 Å².